The Hall–Kier alpha value is -0.370. The molecule has 0 aromatic heterocycles. The number of carboxylic acid groups (broad SMARTS) is 1. The molecule has 1 aliphatic heterocycles. The van der Waals surface area contributed by atoms with Gasteiger partial charge in [-0.1, -0.05) is 22.6 Å². The highest BCUT2D eigenvalue weighted by Gasteiger charge is 2.38. The molecule has 0 radical (unpaired) electrons. The molecule has 0 unspecified atom stereocenters. The van der Waals surface area contributed by atoms with Crippen molar-refractivity contribution in [3.8, 4) is 0 Å². The van der Waals surface area contributed by atoms with Crippen LogP contribution < -0.4 is 0 Å². The SMILES string of the molecule is O=C(O)[C@H]1C[C@@H](O)CN1C(=O)CI. The predicted molar refractivity (Wildman–Crippen MR) is 52.6 cm³/mol. The molecule has 2 atom stereocenters. The number of aliphatic carboxylic acids is 1. The first kappa shape index (κ1) is 10.7. The lowest BCUT2D eigenvalue weighted by atomic mass is 10.2. The van der Waals surface area contributed by atoms with Gasteiger partial charge in [0.1, 0.15) is 6.04 Å². The summed E-state index contributed by atoms with van der Waals surface area (Å²) in [6.45, 7) is 0.138. The molecule has 74 valence electrons. The molecule has 5 nitrogen and oxygen atoms in total. The fraction of sp³-hybridized carbons (Fsp3) is 0.714. The average molecular weight is 299 g/mol. The van der Waals surface area contributed by atoms with Crippen molar-refractivity contribution in [2.24, 2.45) is 0 Å². The molecule has 0 aliphatic carbocycles. The summed E-state index contributed by atoms with van der Waals surface area (Å²) >= 11 is 1.88. The third-order valence-corrected chi connectivity index (χ3v) is 2.65. The maximum atomic E-state index is 11.2. The standard InChI is InChI=1S/C7H10INO4/c8-2-6(11)9-3-4(10)1-5(9)7(12)13/h4-5,10H,1-3H2,(H,12,13)/t4-,5-/m1/s1. The summed E-state index contributed by atoms with van der Waals surface area (Å²) in [5, 5.41) is 17.9. The predicted octanol–water partition coefficient (Wildman–Crippen LogP) is -0.532. The molecule has 1 fully saturated rings. The largest absolute Gasteiger partial charge is 0.480 e. The highest BCUT2D eigenvalue weighted by molar-refractivity contribution is 14.1. The molecule has 1 amide bonds. The minimum atomic E-state index is -1.05. The van der Waals surface area contributed by atoms with Crippen molar-refractivity contribution in [2.75, 3.05) is 11.0 Å². The molecule has 1 aliphatic rings. The molecule has 1 rings (SSSR count). The van der Waals surface area contributed by atoms with Crippen molar-refractivity contribution in [1.82, 2.24) is 4.90 Å². The number of hydrogen-bond donors (Lipinski definition) is 2. The molecule has 1 saturated heterocycles. The van der Waals surface area contributed by atoms with E-state index in [1.807, 2.05) is 22.6 Å². The Balaban J connectivity index is 2.71. The van der Waals surface area contributed by atoms with Crippen molar-refractivity contribution in [3.63, 3.8) is 0 Å². The van der Waals surface area contributed by atoms with Crippen LogP contribution in [0.5, 0.6) is 0 Å². The second-order valence-corrected chi connectivity index (χ2v) is 3.69. The van der Waals surface area contributed by atoms with Crippen LogP contribution in [0.3, 0.4) is 0 Å². The Morgan fingerprint density at radius 2 is 2.15 bits per heavy atom. The number of alkyl halides is 1. The van der Waals surface area contributed by atoms with Crippen molar-refractivity contribution < 1.29 is 19.8 Å². The van der Waals surface area contributed by atoms with Gasteiger partial charge in [-0.3, -0.25) is 4.79 Å². The van der Waals surface area contributed by atoms with Crippen LogP contribution in [0.2, 0.25) is 0 Å². The van der Waals surface area contributed by atoms with E-state index >= 15 is 0 Å². The lowest BCUT2D eigenvalue weighted by molar-refractivity contribution is -0.147. The molecule has 1 heterocycles. The molecule has 6 heteroatoms. The van der Waals surface area contributed by atoms with E-state index in [2.05, 4.69) is 0 Å². The zero-order valence-corrected chi connectivity index (χ0v) is 8.97. The van der Waals surface area contributed by atoms with Crippen LogP contribution in [-0.4, -0.2) is 50.1 Å². The van der Waals surface area contributed by atoms with Gasteiger partial charge in [-0.2, -0.15) is 0 Å². The minimum absolute atomic E-state index is 0.137. The summed E-state index contributed by atoms with van der Waals surface area (Å²) in [6, 6.07) is -0.850. The van der Waals surface area contributed by atoms with Crippen molar-refractivity contribution in [2.45, 2.75) is 18.6 Å². The van der Waals surface area contributed by atoms with Gasteiger partial charge in [0.05, 0.1) is 10.5 Å². The van der Waals surface area contributed by atoms with Crippen LogP contribution in [0.15, 0.2) is 0 Å². The smallest absolute Gasteiger partial charge is 0.326 e. The fourth-order valence-corrected chi connectivity index (χ4v) is 1.84. The van der Waals surface area contributed by atoms with E-state index < -0.39 is 18.1 Å². The molecular weight excluding hydrogens is 289 g/mol. The van der Waals surface area contributed by atoms with Crippen LogP contribution in [0.25, 0.3) is 0 Å². The summed E-state index contributed by atoms with van der Waals surface area (Å²) in [5.74, 6) is -1.28. The van der Waals surface area contributed by atoms with Crippen LogP contribution in [-0.2, 0) is 9.59 Å². The van der Waals surface area contributed by atoms with Crippen molar-refractivity contribution in [3.05, 3.63) is 0 Å². The minimum Gasteiger partial charge on any atom is -0.480 e. The van der Waals surface area contributed by atoms with E-state index in [1.54, 1.807) is 0 Å². The first-order valence-corrected chi connectivity index (χ1v) is 5.35. The summed E-state index contributed by atoms with van der Waals surface area (Å²) in [4.78, 5) is 23.1. The normalized spacial score (nSPS) is 27.7. The van der Waals surface area contributed by atoms with Gasteiger partial charge in [0, 0.05) is 13.0 Å². The average Bonchev–Trinajstić information content (AvgIpc) is 2.46. The van der Waals surface area contributed by atoms with Gasteiger partial charge in [-0.05, 0) is 0 Å². The third-order valence-electron chi connectivity index (χ3n) is 2.00. The van der Waals surface area contributed by atoms with Gasteiger partial charge in [-0.25, -0.2) is 4.79 Å². The van der Waals surface area contributed by atoms with E-state index in [9.17, 15) is 14.7 Å². The number of nitrogens with zero attached hydrogens (tertiary/aromatic N) is 1. The maximum absolute atomic E-state index is 11.2. The summed E-state index contributed by atoms with van der Waals surface area (Å²) in [5.41, 5.74) is 0. The molecule has 0 bridgehead atoms. The summed E-state index contributed by atoms with van der Waals surface area (Å²) < 4.78 is 0.244. The number of carboxylic acids is 1. The number of carbonyl (C=O) groups excluding carboxylic acids is 1. The van der Waals surface area contributed by atoms with Gasteiger partial charge in [0.2, 0.25) is 5.91 Å². The summed E-state index contributed by atoms with van der Waals surface area (Å²) in [6.07, 6.45) is -0.564. The Morgan fingerprint density at radius 3 is 2.62 bits per heavy atom. The van der Waals surface area contributed by atoms with Crippen molar-refractivity contribution in [1.29, 1.82) is 0 Å². The zero-order chi connectivity index (χ0) is 10.0. The van der Waals surface area contributed by atoms with E-state index in [4.69, 9.17) is 5.11 Å². The molecule has 0 aromatic carbocycles. The van der Waals surface area contributed by atoms with Crippen LogP contribution >= 0.6 is 22.6 Å². The number of carbonyl (C=O) groups is 2. The zero-order valence-electron chi connectivity index (χ0n) is 6.81. The summed E-state index contributed by atoms with van der Waals surface area (Å²) in [7, 11) is 0. The topological polar surface area (TPSA) is 77.8 Å². The Bertz CT molecular complexity index is 233. The van der Waals surface area contributed by atoms with Crippen molar-refractivity contribution >= 4 is 34.5 Å². The lowest BCUT2D eigenvalue weighted by Gasteiger charge is -2.19. The second kappa shape index (κ2) is 4.23. The fourth-order valence-electron chi connectivity index (χ4n) is 1.40. The number of amides is 1. The first-order valence-electron chi connectivity index (χ1n) is 3.82. The lowest BCUT2D eigenvalue weighted by Crippen LogP contribution is -2.41. The number of rotatable bonds is 2. The van der Waals surface area contributed by atoms with E-state index in [0.29, 0.717) is 0 Å². The van der Waals surface area contributed by atoms with Crippen LogP contribution in [0.4, 0.5) is 0 Å². The molecule has 0 spiro atoms. The monoisotopic (exact) mass is 299 g/mol. The van der Waals surface area contributed by atoms with Gasteiger partial charge < -0.3 is 15.1 Å². The van der Waals surface area contributed by atoms with Gasteiger partial charge in [0.15, 0.2) is 0 Å². The van der Waals surface area contributed by atoms with Gasteiger partial charge >= 0.3 is 5.97 Å². The number of β-amino-alcohol motifs (C(OH)–C–C–N with tert-alkyl or cyclic N) is 1. The number of aliphatic hydroxyl groups is 1. The van der Waals surface area contributed by atoms with E-state index in [1.165, 1.54) is 4.90 Å². The van der Waals surface area contributed by atoms with Crippen LogP contribution in [0.1, 0.15) is 6.42 Å². The quantitative estimate of drug-likeness (QED) is 0.531. The van der Waals surface area contributed by atoms with E-state index in [0.717, 1.165) is 0 Å². The number of aliphatic hydroxyl groups excluding tert-OH is 1. The third kappa shape index (κ3) is 2.31. The Morgan fingerprint density at radius 1 is 1.54 bits per heavy atom. The number of halogens is 1. The molecule has 0 saturated carbocycles. The first-order chi connectivity index (χ1) is 6.06. The number of likely N-dealkylation sites (tertiary alicyclic amines) is 1. The maximum Gasteiger partial charge on any atom is 0.326 e. The second-order valence-electron chi connectivity index (χ2n) is 2.92. The Labute approximate surface area is 88.9 Å². The van der Waals surface area contributed by atoms with E-state index in [-0.39, 0.29) is 23.3 Å². The highest BCUT2D eigenvalue weighted by atomic mass is 127. The highest BCUT2D eigenvalue weighted by Crippen LogP contribution is 2.18. The molecule has 2 N–H and O–H groups in total. The molecule has 0 aromatic rings. The van der Waals surface area contributed by atoms with Gasteiger partial charge in [-0.15, -0.1) is 0 Å². The van der Waals surface area contributed by atoms with Crippen LogP contribution in [0, 0.1) is 0 Å². The number of hydrogen-bond acceptors (Lipinski definition) is 3. The van der Waals surface area contributed by atoms with Gasteiger partial charge in [0.25, 0.3) is 0 Å². The Kier molecular flexibility index (Phi) is 3.48. The molecule has 13 heavy (non-hydrogen) atoms. The molecular formula is C7H10INO4.